The van der Waals surface area contributed by atoms with E-state index < -0.39 is 11.4 Å². The first-order chi connectivity index (χ1) is 10.6. The molecule has 0 fully saturated rings. The Balaban J connectivity index is 2.27. The Bertz CT molecular complexity index is 954. The van der Waals surface area contributed by atoms with Crippen molar-refractivity contribution < 1.29 is 0 Å². The van der Waals surface area contributed by atoms with Gasteiger partial charge in [-0.25, -0.2) is 14.2 Å². The van der Waals surface area contributed by atoms with Gasteiger partial charge in [-0.15, -0.1) is 0 Å². The van der Waals surface area contributed by atoms with Crippen molar-refractivity contribution in [2.45, 2.75) is 13.8 Å². The molecule has 0 saturated heterocycles. The van der Waals surface area contributed by atoms with Crippen LogP contribution in [0, 0.1) is 13.8 Å². The highest BCUT2D eigenvalue weighted by Crippen LogP contribution is 2.08. The number of hydrogen-bond donors (Lipinski definition) is 0. The molecule has 1 aromatic heterocycles. The van der Waals surface area contributed by atoms with Crippen LogP contribution >= 0.6 is 0 Å². The Hall–Kier alpha value is -2.95. The first kappa shape index (κ1) is 14.0. The molecule has 0 amide bonds. The van der Waals surface area contributed by atoms with E-state index in [0.29, 0.717) is 11.4 Å². The molecule has 0 bridgehead atoms. The topological polar surface area (TPSA) is 56.9 Å². The van der Waals surface area contributed by atoms with E-state index in [1.54, 1.807) is 24.3 Å². The molecule has 2 aromatic carbocycles. The predicted octanol–water partition coefficient (Wildman–Crippen LogP) is 2.00. The zero-order chi connectivity index (χ0) is 15.7. The number of aromatic nitrogens is 3. The van der Waals surface area contributed by atoms with Crippen molar-refractivity contribution in [3.8, 4) is 11.4 Å². The van der Waals surface area contributed by atoms with Gasteiger partial charge in [0.25, 0.3) is 0 Å². The van der Waals surface area contributed by atoms with Crippen LogP contribution in [0.3, 0.4) is 0 Å². The van der Waals surface area contributed by atoms with Crippen LogP contribution in [0.15, 0.2) is 64.4 Å². The highest BCUT2D eigenvalue weighted by atomic mass is 16.2. The molecular weight excluding hydrogens is 278 g/mol. The average molecular weight is 293 g/mol. The molecule has 0 atom stereocenters. The number of benzene rings is 2. The molecule has 110 valence electrons. The van der Waals surface area contributed by atoms with E-state index in [4.69, 9.17) is 0 Å². The number of aryl methyl sites for hydroxylation is 2. The zero-order valence-electron chi connectivity index (χ0n) is 12.4. The molecule has 0 aliphatic heterocycles. The van der Waals surface area contributed by atoms with Gasteiger partial charge >= 0.3 is 11.4 Å². The van der Waals surface area contributed by atoms with Crippen LogP contribution in [0.4, 0.5) is 0 Å². The van der Waals surface area contributed by atoms with E-state index in [1.807, 2.05) is 38.1 Å². The molecule has 3 aromatic rings. The van der Waals surface area contributed by atoms with Gasteiger partial charge in [-0.3, -0.25) is 4.57 Å². The largest absolute Gasteiger partial charge is 0.357 e. The van der Waals surface area contributed by atoms with E-state index >= 15 is 0 Å². The SMILES string of the molecule is Cc1cccc(-n2cnc(=O)n(-c3cccc(C)c3)c2=O)c1. The Morgan fingerprint density at radius 2 is 1.45 bits per heavy atom. The highest BCUT2D eigenvalue weighted by molar-refractivity contribution is 5.37. The lowest BCUT2D eigenvalue weighted by atomic mass is 10.2. The highest BCUT2D eigenvalue weighted by Gasteiger charge is 2.10. The Labute approximate surface area is 127 Å². The van der Waals surface area contributed by atoms with E-state index in [1.165, 1.54) is 10.9 Å². The number of hydrogen-bond acceptors (Lipinski definition) is 3. The molecule has 5 heteroatoms. The summed E-state index contributed by atoms with van der Waals surface area (Å²) in [5.74, 6) is 0. The second-order valence-corrected chi connectivity index (χ2v) is 5.19. The van der Waals surface area contributed by atoms with Gasteiger partial charge in [-0.1, -0.05) is 24.3 Å². The second-order valence-electron chi connectivity index (χ2n) is 5.19. The van der Waals surface area contributed by atoms with Gasteiger partial charge in [0.05, 0.1) is 11.4 Å². The van der Waals surface area contributed by atoms with Crippen LogP contribution in [-0.4, -0.2) is 14.1 Å². The fourth-order valence-corrected chi connectivity index (χ4v) is 2.35. The van der Waals surface area contributed by atoms with Crippen molar-refractivity contribution in [3.63, 3.8) is 0 Å². The van der Waals surface area contributed by atoms with Gasteiger partial charge in [0.2, 0.25) is 0 Å². The molecule has 0 radical (unpaired) electrons. The standard InChI is InChI=1S/C17H15N3O2/c1-12-5-3-7-14(9-12)19-11-18-16(21)20(17(19)22)15-8-4-6-13(2)10-15/h3-11H,1-2H3. The molecular formula is C17H15N3O2. The average Bonchev–Trinajstić information content (AvgIpc) is 2.47. The first-order valence-corrected chi connectivity index (χ1v) is 6.91. The van der Waals surface area contributed by atoms with Crippen molar-refractivity contribution in [3.05, 3.63) is 87.0 Å². The van der Waals surface area contributed by atoms with E-state index in [-0.39, 0.29) is 0 Å². The summed E-state index contributed by atoms with van der Waals surface area (Å²) in [6.07, 6.45) is 1.27. The maximum Gasteiger partial charge on any atom is 0.357 e. The Morgan fingerprint density at radius 3 is 2.09 bits per heavy atom. The normalized spacial score (nSPS) is 10.6. The van der Waals surface area contributed by atoms with Crippen LogP contribution in [0.2, 0.25) is 0 Å². The van der Waals surface area contributed by atoms with Crippen LogP contribution in [0.25, 0.3) is 11.4 Å². The predicted molar refractivity (Wildman–Crippen MR) is 84.9 cm³/mol. The lowest BCUT2D eigenvalue weighted by molar-refractivity contribution is 0.745. The summed E-state index contributed by atoms with van der Waals surface area (Å²) in [6.45, 7) is 3.85. The van der Waals surface area contributed by atoms with Crippen molar-refractivity contribution in [1.82, 2.24) is 14.1 Å². The van der Waals surface area contributed by atoms with Crippen molar-refractivity contribution in [2.24, 2.45) is 0 Å². The summed E-state index contributed by atoms with van der Waals surface area (Å²) >= 11 is 0. The minimum atomic E-state index is -0.584. The molecule has 0 unspecified atom stereocenters. The minimum Gasteiger partial charge on any atom is -0.252 e. The zero-order valence-corrected chi connectivity index (χ0v) is 12.4. The smallest absolute Gasteiger partial charge is 0.252 e. The molecule has 0 aliphatic rings. The molecule has 0 saturated carbocycles. The maximum absolute atomic E-state index is 12.7. The van der Waals surface area contributed by atoms with Gasteiger partial charge in [-0.2, -0.15) is 4.98 Å². The summed E-state index contributed by atoms with van der Waals surface area (Å²) in [5.41, 5.74) is 2.17. The molecule has 1 heterocycles. The first-order valence-electron chi connectivity index (χ1n) is 6.91. The number of rotatable bonds is 2. The van der Waals surface area contributed by atoms with Crippen molar-refractivity contribution in [2.75, 3.05) is 0 Å². The molecule has 0 spiro atoms. The van der Waals surface area contributed by atoms with Crippen LogP contribution < -0.4 is 11.4 Å². The third-order valence-electron chi connectivity index (χ3n) is 3.41. The minimum absolute atomic E-state index is 0.434. The summed E-state index contributed by atoms with van der Waals surface area (Å²) < 4.78 is 2.45. The van der Waals surface area contributed by atoms with Gasteiger partial charge in [0, 0.05) is 0 Å². The van der Waals surface area contributed by atoms with Crippen LogP contribution in [0.1, 0.15) is 11.1 Å². The summed E-state index contributed by atoms with van der Waals surface area (Å²) in [7, 11) is 0. The molecule has 3 rings (SSSR count). The molecule has 5 nitrogen and oxygen atoms in total. The van der Waals surface area contributed by atoms with Gasteiger partial charge in [0.15, 0.2) is 0 Å². The van der Waals surface area contributed by atoms with Gasteiger partial charge in [-0.05, 0) is 49.2 Å². The fraction of sp³-hybridized carbons (Fsp3) is 0.118. The third kappa shape index (κ3) is 2.48. The quantitative estimate of drug-likeness (QED) is 0.726. The lowest BCUT2D eigenvalue weighted by Crippen LogP contribution is -2.39. The second kappa shape index (κ2) is 5.44. The summed E-state index contributed by atoms with van der Waals surface area (Å²) in [6, 6.07) is 14.7. The summed E-state index contributed by atoms with van der Waals surface area (Å²) in [4.78, 5) is 28.6. The van der Waals surface area contributed by atoms with E-state index in [9.17, 15) is 9.59 Å². The number of nitrogens with zero attached hydrogens (tertiary/aromatic N) is 3. The lowest BCUT2D eigenvalue weighted by Gasteiger charge is -2.10. The van der Waals surface area contributed by atoms with Crippen LogP contribution in [-0.2, 0) is 0 Å². The van der Waals surface area contributed by atoms with E-state index in [2.05, 4.69) is 4.98 Å². The van der Waals surface area contributed by atoms with E-state index in [0.717, 1.165) is 15.7 Å². The monoisotopic (exact) mass is 293 g/mol. The fourth-order valence-electron chi connectivity index (χ4n) is 2.35. The van der Waals surface area contributed by atoms with Gasteiger partial charge in [0.1, 0.15) is 6.33 Å². The molecule has 0 N–H and O–H groups in total. The Morgan fingerprint density at radius 1 is 0.864 bits per heavy atom. The van der Waals surface area contributed by atoms with Crippen molar-refractivity contribution >= 4 is 0 Å². The summed E-state index contributed by atoms with van der Waals surface area (Å²) in [5, 5.41) is 0. The molecule has 22 heavy (non-hydrogen) atoms. The maximum atomic E-state index is 12.7. The molecule has 0 aliphatic carbocycles. The third-order valence-corrected chi connectivity index (χ3v) is 3.41. The van der Waals surface area contributed by atoms with Gasteiger partial charge < -0.3 is 0 Å². The van der Waals surface area contributed by atoms with Crippen LogP contribution in [0.5, 0.6) is 0 Å². The van der Waals surface area contributed by atoms with Crippen molar-refractivity contribution in [1.29, 1.82) is 0 Å². The Kier molecular flexibility index (Phi) is 3.47.